The highest BCUT2D eigenvalue weighted by Gasteiger charge is 2.38. The van der Waals surface area contributed by atoms with Crippen molar-refractivity contribution in [2.24, 2.45) is 9.98 Å². The van der Waals surface area contributed by atoms with Crippen molar-refractivity contribution in [3.05, 3.63) is 167 Å². The van der Waals surface area contributed by atoms with Crippen LogP contribution in [-0.2, 0) is 16.0 Å². The van der Waals surface area contributed by atoms with Gasteiger partial charge in [-0.2, -0.15) is 0 Å². The van der Waals surface area contributed by atoms with Crippen molar-refractivity contribution in [2.75, 3.05) is 20.2 Å². The molecule has 0 amide bonds. The number of rotatable bonds is 8. The Hall–Kier alpha value is -5.33. The van der Waals surface area contributed by atoms with Gasteiger partial charge in [0.15, 0.2) is 0 Å². The summed E-state index contributed by atoms with van der Waals surface area (Å²) in [7, 11) is 2.14. The molecule has 5 aromatic rings. The van der Waals surface area contributed by atoms with E-state index in [0.29, 0.717) is 5.92 Å². The number of benzene rings is 5. The van der Waals surface area contributed by atoms with E-state index >= 15 is 0 Å². The van der Waals surface area contributed by atoms with E-state index in [4.69, 9.17) is 9.73 Å². The van der Waals surface area contributed by atoms with Gasteiger partial charge in [0.1, 0.15) is 18.0 Å². The Labute approximate surface area is 302 Å². The maximum Gasteiger partial charge on any atom is 0.328 e. The Morgan fingerprint density at radius 3 is 1.76 bits per heavy atom. The number of carbonyl (C=O) groups is 1. The van der Waals surface area contributed by atoms with Crippen LogP contribution in [0.25, 0.3) is 11.1 Å². The summed E-state index contributed by atoms with van der Waals surface area (Å²) >= 11 is 0. The Morgan fingerprint density at radius 1 is 0.745 bits per heavy atom. The fourth-order valence-corrected chi connectivity index (χ4v) is 7.06. The van der Waals surface area contributed by atoms with E-state index in [1.807, 2.05) is 75.4 Å². The molecule has 1 heterocycles. The van der Waals surface area contributed by atoms with E-state index in [2.05, 4.69) is 102 Å². The summed E-state index contributed by atoms with van der Waals surface area (Å²) < 4.78 is 5.33. The molecule has 0 bridgehead atoms. The molecule has 0 saturated carbocycles. The molecular formula is C45H47N3O3. The van der Waals surface area contributed by atoms with Gasteiger partial charge in [0, 0.05) is 30.5 Å². The normalized spacial score (nSPS) is 17.6. The highest BCUT2D eigenvalue weighted by atomic mass is 16.6. The molecule has 6 nitrogen and oxygen atoms in total. The molecule has 0 aromatic heterocycles. The zero-order chi connectivity index (χ0) is 35.8. The van der Waals surface area contributed by atoms with Crippen LogP contribution < -0.4 is 0 Å². The molecule has 1 aliphatic carbocycles. The van der Waals surface area contributed by atoms with Crippen LogP contribution in [0.5, 0.6) is 0 Å². The quantitative estimate of drug-likeness (QED) is 0.164. The van der Waals surface area contributed by atoms with E-state index in [1.54, 1.807) is 0 Å². The number of esters is 1. The van der Waals surface area contributed by atoms with Crippen LogP contribution in [0.2, 0.25) is 0 Å². The van der Waals surface area contributed by atoms with Gasteiger partial charge in [0.05, 0.1) is 24.4 Å². The van der Waals surface area contributed by atoms with E-state index in [1.165, 1.54) is 27.8 Å². The Morgan fingerprint density at radius 2 is 1.24 bits per heavy atom. The van der Waals surface area contributed by atoms with Crippen LogP contribution in [0.15, 0.2) is 150 Å². The molecular weight excluding hydrogens is 631 g/mol. The van der Waals surface area contributed by atoms with E-state index in [0.717, 1.165) is 35.5 Å². The first-order chi connectivity index (χ1) is 24.7. The summed E-state index contributed by atoms with van der Waals surface area (Å²) in [4.78, 5) is 23.8. The van der Waals surface area contributed by atoms with Gasteiger partial charge < -0.3 is 14.7 Å². The minimum absolute atomic E-state index is 0.0370. The number of hydrogen-bond acceptors (Lipinski definition) is 5. The average molecular weight is 678 g/mol. The number of aliphatic hydroxyl groups excluding tert-OH is 1. The van der Waals surface area contributed by atoms with Crippen LogP contribution in [0.3, 0.4) is 0 Å². The minimum Gasteiger partial charge on any atom is -0.459 e. The molecule has 0 radical (unpaired) electrons. The molecule has 1 saturated heterocycles. The van der Waals surface area contributed by atoms with Crippen molar-refractivity contribution >= 4 is 17.5 Å². The number of carbonyl (C=O) groups excluding carboxylic acids is 1. The molecule has 6 heteroatoms. The van der Waals surface area contributed by atoms with E-state index in [-0.39, 0.29) is 31.2 Å². The molecule has 3 atom stereocenters. The number of hydrogen-bond donors (Lipinski definition) is 1. The number of amidine groups is 1. The fraction of sp³-hybridized carbons (Fsp3) is 0.267. The van der Waals surface area contributed by atoms with Gasteiger partial charge in [-0.25, -0.2) is 0 Å². The Kier molecular flexibility index (Phi) is 11.2. The molecule has 0 unspecified atom stereocenters. The standard InChI is InChI=1S/C26H28N2O.C19H19NO2/c1-28-25(27-23(19-29)17-20-11-5-2-6-12-20)18-24(21-13-7-3-8-14-21)26(28)22-15-9-4-10-16-22;1-19(2,3)22-17(21)12-20-18-15-10-6-4-8-13(15)14-9-5-7-11-16(14)18/h2-16,23-24,26,29H,17-19H2,1H3;4-11H,12H2,1-3H3/t23-,24+,26+;/m0./s1. The number of nitrogens with zero attached hydrogens (tertiary/aromatic N) is 3. The number of likely N-dealkylation sites (tertiary alicyclic amines) is 1. The van der Waals surface area contributed by atoms with Crippen LogP contribution in [0, 0.1) is 0 Å². The average Bonchev–Trinajstić information content (AvgIpc) is 3.65. The molecule has 5 aromatic carbocycles. The van der Waals surface area contributed by atoms with Crippen molar-refractivity contribution < 1.29 is 14.6 Å². The Bertz CT molecular complexity index is 1920. The van der Waals surface area contributed by atoms with Gasteiger partial charge in [-0.15, -0.1) is 0 Å². The summed E-state index contributed by atoms with van der Waals surface area (Å²) in [5.74, 6) is 1.11. The second-order valence-electron chi connectivity index (χ2n) is 14.1. The summed E-state index contributed by atoms with van der Waals surface area (Å²) in [6, 6.07) is 48.1. The van der Waals surface area contributed by atoms with Crippen molar-refractivity contribution in [3.63, 3.8) is 0 Å². The highest BCUT2D eigenvalue weighted by molar-refractivity contribution is 6.24. The van der Waals surface area contributed by atoms with Gasteiger partial charge >= 0.3 is 5.97 Å². The van der Waals surface area contributed by atoms with E-state index in [9.17, 15) is 9.90 Å². The van der Waals surface area contributed by atoms with Crippen LogP contribution in [0.4, 0.5) is 0 Å². The number of likely N-dealkylation sites (N-methyl/N-ethyl adjacent to an activating group) is 1. The summed E-state index contributed by atoms with van der Waals surface area (Å²) in [5.41, 5.74) is 8.72. The number of aliphatic hydroxyl groups is 1. The summed E-state index contributed by atoms with van der Waals surface area (Å²) in [6.45, 7) is 5.67. The monoisotopic (exact) mass is 677 g/mol. The molecule has 2 aliphatic rings. The second kappa shape index (κ2) is 16.1. The van der Waals surface area contributed by atoms with Crippen LogP contribution in [0.1, 0.15) is 67.0 Å². The topological polar surface area (TPSA) is 74.5 Å². The molecule has 260 valence electrons. The van der Waals surface area contributed by atoms with Crippen molar-refractivity contribution in [2.45, 2.75) is 57.2 Å². The predicted molar refractivity (Wildman–Crippen MR) is 207 cm³/mol. The van der Waals surface area contributed by atoms with Gasteiger partial charge in [0.25, 0.3) is 0 Å². The zero-order valence-electron chi connectivity index (χ0n) is 29.9. The highest BCUT2D eigenvalue weighted by Crippen LogP contribution is 2.44. The van der Waals surface area contributed by atoms with Gasteiger partial charge in [-0.1, -0.05) is 140 Å². The van der Waals surface area contributed by atoms with Crippen molar-refractivity contribution in [1.82, 2.24) is 4.90 Å². The lowest BCUT2D eigenvalue weighted by Gasteiger charge is -2.27. The third-order valence-corrected chi connectivity index (χ3v) is 9.27. The third-order valence-electron chi connectivity index (χ3n) is 9.27. The number of fused-ring (bicyclic) bond motifs is 3. The Balaban J connectivity index is 0.000000183. The molecule has 7 rings (SSSR count). The van der Waals surface area contributed by atoms with Gasteiger partial charge in [-0.3, -0.25) is 14.8 Å². The first-order valence-corrected chi connectivity index (χ1v) is 17.7. The molecule has 51 heavy (non-hydrogen) atoms. The largest absolute Gasteiger partial charge is 0.459 e. The number of aliphatic imine (C=N–C) groups is 2. The van der Waals surface area contributed by atoms with Crippen molar-refractivity contribution in [3.8, 4) is 11.1 Å². The SMILES string of the molecule is CC(C)(C)OC(=O)CN=C1c2ccccc2-c2ccccc21.CN1C(=N[C@H](CO)Cc2ccccc2)C[C@H](c2ccccc2)[C@H]1c1ccccc1. The molecule has 1 N–H and O–H groups in total. The van der Waals surface area contributed by atoms with Gasteiger partial charge in [0.2, 0.25) is 0 Å². The van der Waals surface area contributed by atoms with Crippen LogP contribution >= 0.6 is 0 Å². The third kappa shape index (κ3) is 8.70. The molecule has 1 fully saturated rings. The lowest BCUT2D eigenvalue weighted by molar-refractivity contribution is -0.152. The lowest BCUT2D eigenvalue weighted by Crippen LogP contribution is -2.27. The zero-order valence-corrected chi connectivity index (χ0v) is 29.9. The predicted octanol–water partition coefficient (Wildman–Crippen LogP) is 8.70. The van der Waals surface area contributed by atoms with E-state index < -0.39 is 5.60 Å². The van der Waals surface area contributed by atoms with Crippen LogP contribution in [-0.4, -0.2) is 59.4 Å². The van der Waals surface area contributed by atoms with Crippen molar-refractivity contribution in [1.29, 1.82) is 0 Å². The molecule has 0 spiro atoms. The smallest absolute Gasteiger partial charge is 0.328 e. The fourth-order valence-electron chi connectivity index (χ4n) is 7.06. The first-order valence-electron chi connectivity index (χ1n) is 17.7. The maximum atomic E-state index is 11.9. The summed E-state index contributed by atoms with van der Waals surface area (Å²) in [5, 5.41) is 9.97. The maximum absolute atomic E-state index is 11.9. The minimum atomic E-state index is -0.483. The first kappa shape index (κ1) is 35.5. The van der Waals surface area contributed by atoms with Gasteiger partial charge in [-0.05, 0) is 55.0 Å². The number of ether oxygens (including phenoxy) is 1. The molecule has 1 aliphatic heterocycles. The lowest BCUT2D eigenvalue weighted by atomic mass is 9.87. The second-order valence-corrected chi connectivity index (χ2v) is 14.1. The summed E-state index contributed by atoms with van der Waals surface area (Å²) in [6.07, 6.45) is 1.63.